The van der Waals surface area contributed by atoms with Gasteiger partial charge in [0.15, 0.2) is 0 Å². The topological polar surface area (TPSA) is 26.0 Å². The Labute approximate surface area is 103 Å². The molecule has 0 aromatic heterocycles. The average molecular weight is 235 g/mol. The average Bonchev–Trinajstić information content (AvgIpc) is 2.48. The normalized spacial score (nSPS) is 26.4. The molecule has 1 nitrogen and oxygen atoms in total. The van der Waals surface area contributed by atoms with E-state index in [1.54, 1.807) is 0 Å². The number of nitrogens with two attached hydrogens (primary N) is 1. The smallest absolute Gasteiger partial charge is 0.0246 e. The first-order valence-corrected chi connectivity index (χ1v) is 7.13. The lowest BCUT2D eigenvalue weighted by Gasteiger charge is -2.21. The van der Waals surface area contributed by atoms with Gasteiger partial charge in [-0.05, 0) is 31.4 Å². The molecule has 2 unspecified atom stereocenters. The van der Waals surface area contributed by atoms with Gasteiger partial charge in [0.2, 0.25) is 0 Å². The van der Waals surface area contributed by atoms with Crippen LogP contribution in [0.25, 0.3) is 0 Å². The molecule has 0 aliphatic heterocycles. The van der Waals surface area contributed by atoms with E-state index in [9.17, 15) is 0 Å². The van der Waals surface area contributed by atoms with Crippen LogP contribution in [0.4, 0.5) is 0 Å². The van der Waals surface area contributed by atoms with Crippen molar-refractivity contribution < 1.29 is 0 Å². The third kappa shape index (κ3) is 3.02. The van der Waals surface area contributed by atoms with Gasteiger partial charge >= 0.3 is 0 Å². The first-order valence-electron chi connectivity index (χ1n) is 6.25. The lowest BCUT2D eigenvalue weighted by Crippen LogP contribution is -2.31. The zero-order chi connectivity index (χ0) is 11.4. The summed E-state index contributed by atoms with van der Waals surface area (Å²) >= 11 is 1.99. The SMILES string of the molecule is Cc1ccccc1SC1CCCCCC1N. The maximum atomic E-state index is 6.26. The van der Waals surface area contributed by atoms with Crippen LogP contribution in [0.1, 0.15) is 37.7 Å². The number of benzene rings is 1. The Bertz CT molecular complexity index is 337. The Hall–Kier alpha value is -0.470. The van der Waals surface area contributed by atoms with E-state index in [1.807, 2.05) is 11.8 Å². The van der Waals surface area contributed by atoms with E-state index in [0.717, 1.165) is 0 Å². The minimum atomic E-state index is 0.382. The van der Waals surface area contributed by atoms with Crippen molar-refractivity contribution in [1.29, 1.82) is 0 Å². The van der Waals surface area contributed by atoms with E-state index < -0.39 is 0 Å². The maximum absolute atomic E-state index is 6.26. The Morgan fingerprint density at radius 2 is 1.88 bits per heavy atom. The van der Waals surface area contributed by atoms with Gasteiger partial charge in [0.05, 0.1) is 0 Å². The van der Waals surface area contributed by atoms with E-state index in [4.69, 9.17) is 5.73 Å². The van der Waals surface area contributed by atoms with Crippen molar-refractivity contribution >= 4 is 11.8 Å². The zero-order valence-corrected chi connectivity index (χ0v) is 10.8. The second kappa shape index (κ2) is 5.74. The number of aryl methyl sites for hydroxylation is 1. The summed E-state index contributed by atoms with van der Waals surface area (Å²) in [5.74, 6) is 0. The van der Waals surface area contributed by atoms with E-state index in [-0.39, 0.29) is 0 Å². The number of hydrogen-bond donors (Lipinski definition) is 1. The van der Waals surface area contributed by atoms with Gasteiger partial charge in [-0.3, -0.25) is 0 Å². The fourth-order valence-electron chi connectivity index (χ4n) is 2.30. The lowest BCUT2D eigenvalue weighted by atomic mass is 10.1. The lowest BCUT2D eigenvalue weighted by molar-refractivity contribution is 0.596. The molecule has 0 bridgehead atoms. The first-order chi connectivity index (χ1) is 7.77. The van der Waals surface area contributed by atoms with Crippen LogP contribution in [0.2, 0.25) is 0 Å². The summed E-state index contributed by atoms with van der Waals surface area (Å²) in [4.78, 5) is 1.41. The van der Waals surface area contributed by atoms with Crippen molar-refractivity contribution in [2.24, 2.45) is 5.73 Å². The molecule has 2 rings (SSSR count). The minimum absolute atomic E-state index is 0.382. The Morgan fingerprint density at radius 3 is 2.69 bits per heavy atom. The van der Waals surface area contributed by atoms with Gasteiger partial charge in [0, 0.05) is 16.2 Å². The summed E-state index contributed by atoms with van der Waals surface area (Å²) in [6.45, 7) is 2.19. The molecule has 2 atom stereocenters. The van der Waals surface area contributed by atoms with Gasteiger partial charge in [-0.15, -0.1) is 11.8 Å². The van der Waals surface area contributed by atoms with Crippen LogP contribution in [-0.2, 0) is 0 Å². The van der Waals surface area contributed by atoms with Crippen LogP contribution in [0.15, 0.2) is 29.2 Å². The minimum Gasteiger partial charge on any atom is -0.327 e. The van der Waals surface area contributed by atoms with Gasteiger partial charge in [-0.1, -0.05) is 37.5 Å². The van der Waals surface area contributed by atoms with Gasteiger partial charge in [0.1, 0.15) is 0 Å². The van der Waals surface area contributed by atoms with Gasteiger partial charge in [-0.2, -0.15) is 0 Å². The highest BCUT2D eigenvalue weighted by Crippen LogP contribution is 2.33. The van der Waals surface area contributed by atoms with Crippen molar-refractivity contribution in [2.75, 3.05) is 0 Å². The molecule has 0 amide bonds. The summed E-state index contributed by atoms with van der Waals surface area (Å²) in [5.41, 5.74) is 7.63. The quantitative estimate of drug-likeness (QED) is 0.790. The molecule has 0 spiro atoms. The van der Waals surface area contributed by atoms with Gasteiger partial charge < -0.3 is 5.73 Å². The highest BCUT2D eigenvalue weighted by Gasteiger charge is 2.21. The summed E-state index contributed by atoms with van der Waals surface area (Å²) in [6.07, 6.45) is 6.49. The second-order valence-electron chi connectivity index (χ2n) is 4.72. The maximum Gasteiger partial charge on any atom is 0.0246 e. The molecular weight excluding hydrogens is 214 g/mol. The standard InChI is InChI=1S/C14H21NS/c1-11-7-5-6-9-13(11)16-14-10-4-2-3-8-12(14)15/h5-7,9,12,14H,2-4,8,10,15H2,1H3. The van der Waals surface area contributed by atoms with Crippen LogP contribution in [0.3, 0.4) is 0 Å². The molecule has 88 valence electrons. The molecule has 2 N–H and O–H groups in total. The van der Waals surface area contributed by atoms with E-state index >= 15 is 0 Å². The molecule has 0 heterocycles. The van der Waals surface area contributed by atoms with Crippen LogP contribution in [0.5, 0.6) is 0 Å². The molecule has 1 aromatic rings. The van der Waals surface area contributed by atoms with Crippen LogP contribution in [0, 0.1) is 6.92 Å². The molecule has 1 aliphatic carbocycles. The fourth-order valence-corrected chi connectivity index (χ4v) is 3.63. The Morgan fingerprint density at radius 1 is 1.12 bits per heavy atom. The first kappa shape index (κ1) is 12.0. The van der Waals surface area contributed by atoms with Crippen molar-refractivity contribution in [3.8, 4) is 0 Å². The third-order valence-electron chi connectivity index (χ3n) is 3.38. The largest absolute Gasteiger partial charge is 0.327 e. The molecule has 1 aliphatic rings. The van der Waals surface area contributed by atoms with Gasteiger partial charge in [-0.25, -0.2) is 0 Å². The Balaban J connectivity index is 2.05. The summed E-state index contributed by atoms with van der Waals surface area (Å²) in [5, 5.41) is 0.614. The van der Waals surface area contributed by atoms with Gasteiger partial charge in [0.25, 0.3) is 0 Å². The zero-order valence-electron chi connectivity index (χ0n) is 9.99. The van der Waals surface area contributed by atoms with Crippen molar-refractivity contribution in [3.63, 3.8) is 0 Å². The van der Waals surface area contributed by atoms with Crippen LogP contribution < -0.4 is 5.73 Å². The molecule has 1 aromatic carbocycles. The van der Waals surface area contributed by atoms with E-state index in [0.29, 0.717) is 11.3 Å². The number of thioether (sulfide) groups is 1. The highest BCUT2D eigenvalue weighted by molar-refractivity contribution is 8.00. The molecule has 0 saturated heterocycles. The monoisotopic (exact) mass is 235 g/mol. The van der Waals surface area contributed by atoms with Crippen LogP contribution in [-0.4, -0.2) is 11.3 Å². The second-order valence-corrected chi connectivity index (χ2v) is 6.00. The molecule has 1 fully saturated rings. The molecule has 1 saturated carbocycles. The summed E-state index contributed by atoms with van der Waals surface area (Å²) < 4.78 is 0. The molecule has 16 heavy (non-hydrogen) atoms. The predicted octanol–water partition coefficient (Wildman–Crippen LogP) is 3.75. The number of hydrogen-bond acceptors (Lipinski definition) is 2. The molecular formula is C14H21NS. The Kier molecular flexibility index (Phi) is 4.30. The summed E-state index contributed by atoms with van der Waals surface area (Å²) in [7, 11) is 0. The fraction of sp³-hybridized carbons (Fsp3) is 0.571. The van der Waals surface area contributed by atoms with Crippen molar-refractivity contribution in [3.05, 3.63) is 29.8 Å². The molecule has 0 radical (unpaired) electrons. The highest BCUT2D eigenvalue weighted by atomic mass is 32.2. The van der Waals surface area contributed by atoms with Crippen LogP contribution >= 0.6 is 11.8 Å². The predicted molar refractivity (Wildman–Crippen MR) is 71.9 cm³/mol. The number of rotatable bonds is 2. The van der Waals surface area contributed by atoms with Crippen molar-refractivity contribution in [2.45, 2.75) is 55.2 Å². The third-order valence-corrected chi connectivity index (χ3v) is 4.98. The van der Waals surface area contributed by atoms with E-state index in [2.05, 4.69) is 31.2 Å². The summed E-state index contributed by atoms with van der Waals surface area (Å²) in [6, 6.07) is 9.01. The van der Waals surface area contributed by atoms with E-state index in [1.165, 1.54) is 42.6 Å². The molecule has 2 heteroatoms. The van der Waals surface area contributed by atoms with Crippen molar-refractivity contribution in [1.82, 2.24) is 0 Å².